The largest absolute Gasteiger partial charge is 0.303 e. The summed E-state index contributed by atoms with van der Waals surface area (Å²) in [6.45, 7) is 2.17. The second-order valence-corrected chi connectivity index (χ2v) is 5.56. The summed E-state index contributed by atoms with van der Waals surface area (Å²) in [6, 6.07) is 18.4. The summed E-state index contributed by atoms with van der Waals surface area (Å²) in [5, 5.41) is 11.3. The summed E-state index contributed by atoms with van der Waals surface area (Å²) in [6.07, 6.45) is 5.40. The predicted molar refractivity (Wildman–Crippen MR) is 90.2 cm³/mol. The summed E-state index contributed by atoms with van der Waals surface area (Å²) in [5.41, 5.74) is 3.17. The highest BCUT2D eigenvalue weighted by atomic mass is 15.5. The standard InChI is InChI=1S/C18H16N6/c1-14(15-6-3-2-4-7-15)18-19-10-11-23(18)16-8-5-9-17(12-16)24-13-20-21-22-24/h2-14H,1H3/t14-/m0/s1. The van der Waals surface area contributed by atoms with Crippen LogP contribution in [0.5, 0.6) is 0 Å². The lowest BCUT2D eigenvalue weighted by Gasteiger charge is -2.15. The Balaban J connectivity index is 1.74. The molecule has 2 aromatic carbocycles. The molecule has 0 bridgehead atoms. The number of tetrazole rings is 1. The van der Waals surface area contributed by atoms with Crippen molar-refractivity contribution in [1.29, 1.82) is 0 Å². The number of hydrogen-bond donors (Lipinski definition) is 0. The van der Waals surface area contributed by atoms with Gasteiger partial charge in [0.2, 0.25) is 0 Å². The molecule has 4 aromatic rings. The zero-order chi connectivity index (χ0) is 16.4. The molecule has 0 spiro atoms. The molecular formula is C18H16N6. The molecule has 6 heteroatoms. The highest BCUT2D eigenvalue weighted by Crippen LogP contribution is 2.25. The average Bonchev–Trinajstić information content (AvgIpc) is 3.34. The van der Waals surface area contributed by atoms with Crippen LogP contribution in [0.25, 0.3) is 11.4 Å². The van der Waals surface area contributed by atoms with Gasteiger partial charge >= 0.3 is 0 Å². The molecule has 0 amide bonds. The summed E-state index contributed by atoms with van der Waals surface area (Å²) >= 11 is 0. The van der Waals surface area contributed by atoms with Crippen molar-refractivity contribution in [3.05, 3.63) is 84.7 Å². The molecule has 0 unspecified atom stereocenters. The van der Waals surface area contributed by atoms with Crippen molar-refractivity contribution in [1.82, 2.24) is 29.8 Å². The Bertz CT molecular complexity index is 927. The Hall–Kier alpha value is -3.28. The van der Waals surface area contributed by atoms with E-state index in [2.05, 4.69) is 62.3 Å². The number of aromatic nitrogens is 6. The van der Waals surface area contributed by atoms with Crippen LogP contribution >= 0.6 is 0 Å². The van der Waals surface area contributed by atoms with Crippen molar-refractivity contribution in [3.63, 3.8) is 0 Å². The Labute approximate surface area is 139 Å². The first-order chi connectivity index (χ1) is 11.8. The van der Waals surface area contributed by atoms with Gasteiger partial charge < -0.3 is 4.57 Å². The minimum Gasteiger partial charge on any atom is -0.303 e. The maximum atomic E-state index is 4.58. The highest BCUT2D eigenvalue weighted by molar-refractivity contribution is 5.44. The van der Waals surface area contributed by atoms with Crippen LogP contribution in [-0.4, -0.2) is 29.8 Å². The molecule has 4 rings (SSSR count). The zero-order valence-electron chi connectivity index (χ0n) is 13.2. The van der Waals surface area contributed by atoms with Crippen LogP contribution in [0, 0.1) is 0 Å². The first-order valence-corrected chi connectivity index (χ1v) is 7.75. The Kier molecular flexibility index (Phi) is 3.63. The second kappa shape index (κ2) is 6.08. The average molecular weight is 316 g/mol. The highest BCUT2D eigenvalue weighted by Gasteiger charge is 2.15. The minimum atomic E-state index is 0.192. The van der Waals surface area contributed by atoms with Gasteiger partial charge in [-0.25, -0.2) is 9.67 Å². The van der Waals surface area contributed by atoms with Gasteiger partial charge in [-0.15, -0.1) is 5.10 Å². The van der Waals surface area contributed by atoms with Crippen LogP contribution in [0.1, 0.15) is 24.2 Å². The van der Waals surface area contributed by atoms with Crippen LogP contribution in [0.3, 0.4) is 0 Å². The van der Waals surface area contributed by atoms with Crippen molar-refractivity contribution in [2.24, 2.45) is 0 Å². The Morgan fingerprint density at radius 1 is 0.958 bits per heavy atom. The van der Waals surface area contributed by atoms with Crippen LogP contribution in [-0.2, 0) is 0 Å². The van der Waals surface area contributed by atoms with Crippen LogP contribution in [0.4, 0.5) is 0 Å². The van der Waals surface area contributed by atoms with Gasteiger partial charge in [0, 0.05) is 24.0 Å². The Morgan fingerprint density at radius 2 is 1.79 bits per heavy atom. The van der Waals surface area contributed by atoms with E-state index in [1.54, 1.807) is 11.0 Å². The Morgan fingerprint density at radius 3 is 2.58 bits per heavy atom. The van der Waals surface area contributed by atoms with E-state index in [4.69, 9.17) is 0 Å². The van der Waals surface area contributed by atoms with Crippen LogP contribution < -0.4 is 0 Å². The lowest BCUT2D eigenvalue weighted by molar-refractivity contribution is 0.778. The third-order valence-electron chi connectivity index (χ3n) is 4.08. The van der Waals surface area contributed by atoms with Crippen molar-refractivity contribution in [2.75, 3.05) is 0 Å². The van der Waals surface area contributed by atoms with Gasteiger partial charge in [-0.2, -0.15) is 0 Å². The molecular weight excluding hydrogens is 300 g/mol. The van der Waals surface area contributed by atoms with E-state index in [-0.39, 0.29) is 5.92 Å². The van der Waals surface area contributed by atoms with E-state index in [1.807, 2.05) is 36.7 Å². The van der Waals surface area contributed by atoms with Gasteiger partial charge in [0.15, 0.2) is 0 Å². The van der Waals surface area contributed by atoms with Crippen molar-refractivity contribution in [3.8, 4) is 11.4 Å². The first-order valence-electron chi connectivity index (χ1n) is 7.75. The molecule has 0 saturated heterocycles. The molecule has 2 aromatic heterocycles. The van der Waals surface area contributed by atoms with E-state index in [0.29, 0.717) is 0 Å². The molecule has 0 aliphatic rings. The summed E-state index contributed by atoms with van der Waals surface area (Å²) < 4.78 is 3.74. The van der Waals surface area contributed by atoms with Crippen molar-refractivity contribution in [2.45, 2.75) is 12.8 Å². The fraction of sp³-hybridized carbons (Fsp3) is 0.111. The molecule has 24 heavy (non-hydrogen) atoms. The van der Waals surface area contributed by atoms with E-state index in [9.17, 15) is 0 Å². The molecule has 0 aliphatic heterocycles. The summed E-state index contributed by atoms with van der Waals surface area (Å²) in [7, 11) is 0. The second-order valence-electron chi connectivity index (χ2n) is 5.56. The van der Waals surface area contributed by atoms with E-state index in [1.165, 1.54) is 5.56 Å². The van der Waals surface area contributed by atoms with E-state index >= 15 is 0 Å². The van der Waals surface area contributed by atoms with Crippen LogP contribution in [0.2, 0.25) is 0 Å². The molecule has 0 radical (unpaired) electrons. The smallest absolute Gasteiger partial charge is 0.143 e. The normalized spacial score (nSPS) is 12.2. The van der Waals surface area contributed by atoms with Crippen molar-refractivity contribution < 1.29 is 0 Å². The van der Waals surface area contributed by atoms with E-state index < -0.39 is 0 Å². The molecule has 0 N–H and O–H groups in total. The zero-order valence-corrected chi connectivity index (χ0v) is 13.2. The SMILES string of the molecule is C[C@@H](c1ccccc1)c1nccn1-c1cccc(-n2cnnn2)c1. The topological polar surface area (TPSA) is 61.4 Å². The van der Waals surface area contributed by atoms with Gasteiger partial charge in [0.25, 0.3) is 0 Å². The molecule has 2 heterocycles. The molecule has 0 saturated carbocycles. The number of rotatable bonds is 4. The lowest BCUT2D eigenvalue weighted by atomic mass is 10.0. The predicted octanol–water partition coefficient (Wildman–Crippen LogP) is 3.00. The van der Waals surface area contributed by atoms with Crippen LogP contribution in [0.15, 0.2) is 73.3 Å². The van der Waals surface area contributed by atoms with Gasteiger partial charge in [0.1, 0.15) is 12.2 Å². The fourth-order valence-electron chi connectivity index (χ4n) is 2.81. The molecule has 118 valence electrons. The monoisotopic (exact) mass is 316 g/mol. The van der Waals surface area contributed by atoms with Gasteiger partial charge in [-0.05, 0) is 34.2 Å². The van der Waals surface area contributed by atoms with Crippen molar-refractivity contribution >= 4 is 0 Å². The maximum Gasteiger partial charge on any atom is 0.143 e. The van der Waals surface area contributed by atoms with Gasteiger partial charge in [-0.1, -0.05) is 43.3 Å². The number of imidazole rings is 1. The van der Waals surface area contributed by atoms with E-state index in [0.717, 1.165) is 17.2 Å². The van der Waals surface area contributed by atoms with Gasteiger partial charge in [-0.3, -0.25) is 0 Å². The van der Waals surface area contributed by atoms with Gasteiger partial charge in [0.05, 0.1) is 5.69 Å². The maximum absolute atomic E-state index is 4.58. The number of benzene rings is 2. The number of nitrogens with zero attached hydrogens (tertiary/aromatic N) is 6. The molecule has 1 atom stereocenters. The quantitative estimate of drug-likeness (QED) is 0.580. The fourth-order valence-corrected chi connectivity index (χ4v) is 2.81. The summed E-state index contributed by atoms with van der Waals surface area (Å²) in [5.74, 6) is 1.19. The lowest BCUT2D eigenvalue weighted by Crippen LogP contribution is -2.07. The third-order valence-corrected chi connectivity index (χ3v) is 4.08. The number of hydrogen-bond acceptors (Lipinski definition) is 4. The molecule has 0 aliphatic carbocycles. The molecule has 6 nitrogen and oxygen atoms in total. The summed E-state index contributed by atoms with van der Waals surface area (Å²) in [4.78, 5) is 4.58. The minimum absolute atomic E-state index is 0.192. The third kappa shape index (κ3) is 2.58. The first kappa shape index (κ1) is 14.3. The molecule has 0 fully saturated rings.